The van der Waals surface area contributed by atoms with Gasteiger partial charge < -0.3 is 4.74 Å². The Kier molecular flexibility index (Phi) is 12.7. The molecule has 33 heavy (non-hydrogen) atoms. The van der Waals surface area contributed by atoms with Crippen LogP contribution in [0, 0.1) is 29.6 Å². The van der Waals surface area contributed by atoms with E-state index in [0.717, 1.165) is 48.9 Å². The van der Waals surface area contributed by atoms with Crippen LogP contribution in [-0.4, -0.2) is 12.1 Å². The maximum absolute atomic E-state index is 12.2. The normalized spacial score (nSPS) is 33.0. The number of rotatable bonds is 13. The number of hydrogen-bond acceptors (Lipinski definition) is 2. The first-order valence-electron chi connectivity index (χ1n) is 15.4. The molecule has 0 aromatic carbocycles. The highest BCUT2D eigenvalue weighted by atomic mass is 16.5. The molecule has 0 amide bonds. The van der Waals surface area contributed by atoms with Gasteiger partial charge in [0.25, 0.3) is 0 Å². The Balaban J connectivity index is 1.25. The molecule has 0 atom stereocenters. The number of unbranched alkanes of at least 4 members (excludes halogenated alkanes) is 6. The van der Waals surface area contributed by atoms with E-state index < -0.39 is 0 Å². The van der Waals surface area contributed by atoms with Crippen LogP contribution in [0.3, 0.4) is 0 Å². The molecule has 0 spiro atoms. The molecule has 0 N–H and O–H groups in total. The van der Waals surface area contributed by atoms with Crippen LogP contribution in [0.2, 0.25) is 0 Å². The molecule has 0 saturated heterocycles. The average Bonchev–Trinajstić information content (AvgIpc) is 2.85. The van der Waals surface area contributed by atoms with E-state index in [1.807, 2.05) is 0 Å². The van der Waals surface area contributed by atoms with Crippen molar-refractivity contribution >= 4 is 5.97 Å². The lowest BCUT2D eigenvalue weighted by Gasteiger charge is -2.41. The predicted octanol–water partition coefficient (Wildman–Crippen LogP) is 9.64. The van der Waals surface area contributed by atoms with Crippen LogP contribution in [0.25, 0.3) is 0 Å². The lowest BCUT2D eigenvalue weighted by Crippen LogP contribution is -2.31. The second-order valence-corrected chi connectivity index (χ2v) is 12.1. The SMILES string of the molecule is CCCCCCCC(=O)O[C@H]1CC[C@H]([C@H]2CC[C@H]([C@H]3CC[C@H](CCCCC)CC3)CC2)CC1. The minimum absolute atomic E-state index is 0.0653. The summed E-state index contributed by atoms with van der Waals surface area (Å²) in [4.78, 5) is 12.2. The summed E-state index contributed by atoms with van der Waals surface area (Å²) in [5, 5.41) is 0. The highest BCUT2D eigenvalue weighted by Crippen LogP contribution is 2.46. The fraction of sp³-hybridized carbons (Fsp3) is 0.968. The van der Waals surface area contributed by atoms with Gasteiger partial charge in [-0.05, 0) is 100 Å². The van der Waals surface area contributed by atoms with Gasteiger partial charge in [-0.15, -0.1) is 0 Å². The van der Waals surface area contributed by atoms with Gasteiger partial charge in [0, 0.05) is 6.42 Å². The molecular weight excluding hydrogens is 404 g/mol. The van der Waals surface area contributed by atoms with Gasteiger partial charge in [-0.25, -0.2) is 0 Å². The third-order valence-corrected chi connectivity index (χ3v) is 9.76. The van der Waals surface area contributed by atoms with Gasteiger partial charge in [-0.2, -0.15) is 0 Å². The van der Waals surface area contributed by atoms with Gasteiger partial charge >= 0.3 is 5.97 Å². The number of ether oxygens (including phenoxy) is 1. The summed E-state index contributed by atoms with van der Waals surface area (Å²) in [6.07, 6.45) is 29.5. The Morgan fingerprint density at radius 3 is 1.58 bits per heavy atom. The maximum Gasteiger partial charge on any atom is 0.306 e. The summed E-state index contributed by atoms with van der Waals surface area (Å²) in [7, 11) is 0. The van der Waals surface area contributed by atoms with Crippen molar-refractivity contribution in [2.24, 2.45) is 29.6 Å². The maximum atomic E-state index is 12.2. The minimum Gasteiger partial charge on any atom is -0.462 e. The highest BCUT2D eigenvalue weighted by Gasteiger charge is 2.35. The molecule has 3 fully saturated rings. The second-order valence-electron chi connectivity index (χ2n) is 12.1. The van der Waals surface area contributed by atoms with Gasteiger partial charge in [-0.1, -0.05) is 78.1 Å². The van der Waals surface area contributed by atoms with Crippen molar-refractivity contribution in [3.8, 4) is 0 Å². The van der Waals surface area contributed by atoms with Crippen molar-refractivity contribution in [1.82, 2.24) is 0 Å². The van der Waals surface area contributed by atoms with E-state index in [9.17, 15) is 4.79 Å². The van der Waals surface area contributed by atoms with Crippen molar-refractivity contribution in [1.29, 1.82) is 0 Å². The van der Waals surface area contributed by atoms with Gasteiger partial charge in [0.05, 0.1) is 0 Å². The third kappa shape index (κ3) is 9.56. The Morgan fingerprint density at radius 2 is 1.03 bits per heavy atom. The molecule has 3 aliphatic rings. The van der Waals surface area contributed by atoms with E-state index in [1.165, 1.54) is 116 Å². The van der Waals surface area contributed by atoms with Crippen LogP contribution in [-0.2, 0) is 9.53 Å². The summed E-state index contributed by atoms with van der Waals surface area (Å²) >= 11 is 0. The molecule has 0 aromatic heterocycles. The monoisotopic (exact) mass is 460 g/mol. The average molecular weight is 461 g/mol. The molecule has 0 bridgehead atoms. The second kappa shape index (κ2) is 15.5. The van der Waals surface area contributed by atoms with Gasteiger partial charge in [0.15, 0.2) is 0 Å². The molecule has 0 aliphatic heterocycles. The highest BCUT2D eigenvalue weighted by molar-refractivity contribution is 5.69. The molecule has 3 rings (SSSR count). The van der Waals surface area contributed by atoms with Crippen molar-refractivity contribution in [3.63, 3.8) is 0 Å². The molecule has 3 saturated carbocycles. The van der Waals surface area contributed by atoms with E-state index in [-0.39, 0.29) is 12.1 Å². The van der Waals surface area contributed by atoms with Crippen molar-refractivity contribution in [2.75, 3.05) is 0 Å². The van der Waals surface area contributed by atoms with Crippen molar-refractivity contribution in [2.45, 2.75) is 161 Å². The van der Waals surface area contributed by atoms with E-state index in [0.29, 0.717) is 6.42 Å². The molecule has 0 aromatic rings. The molecular formula is C31H56O2. The zero-order valence-electron chi connectivity index (χ0n) is 22.3. The van der Waals surface area contributed by atoms with E-state index in [1.54, 1.807) is 0 Å². The molecule has 192 valence electrons. The Bertz CT molecular complexity index is 505. The first kappa shape index (κ1) is 27.1. The summed E-state index contributed by atoms with van der Waals surface area (Å²) in [5.74, 6) is 5.06. The van der Waals surface area contributed by atoms with Crippen LogP contribution in [0.15, 0.2) is 0 Å². The fourth-order valence-corrected chi connectivity index (χ4v) is 7.51. The van der Waals surface area contributed by atoms with Gasteiger partial charge in [0.2, 0.25) is 0 Å². The van der Waals surface area contributed by atoms with Crippen LogP contribution < -0.4 is 0 Å². The van der Waals surface area contributed by atoms with Gasteiger partial charge in [0.1, 0.15) is 6.10 Å². The first-order chi connectivity index (χ1) is 16.2. The Morgan fingerprint density at radius 1 is 0.576 bits per heavy atom. The number of hydrogen-bond donors (Lipinski definition) is 0. The third-order valence-electron chi connectivity index (χ3n) is 9.76. The largest absolute Gasteiger partial charge is 0.462 e. The molecule has 2 nitrogen and oxygen atoms in total. The molecule has 0 radical (unpaired) electrons. The number of esters is 1. The fourth-order valence-electron chi connectivity index (χ4n) is 7.51. The Labute approximate surface area is 206 Å². The summed E-state index contributed by atoms with van der Waals surface area (Å²) in [6, 6.07) is 0. The van der Waals surface area contributed by atoms with E-state index >= 15 is 0 Å². The van der Waals surface area contributed by atoms with Crippen LogP contribution in [0.1, 0.15) is 155 Å². The molecule has 2 heteroatoms. The quantitative estimate of drug-likeness (QED) is 0.202. The summed E-state index contributed by atoms with van der Waals surface area (Å²) in [5.41, 5.74) is 0. The smallest absolute Gasteiger partial charge is 0.306 e. The summed E-state index contributed by atoms with van der Waals surface area (Å²) in [6.45, 7) is 4.56. The molecule has 3 aliphatic carbocycles. The lowest BCUT2D eigenvalue weighted by molar-refractivity contribution is -0.151. The van der Waals surface area contributed by atoms with Crippen LogP contribution in [0.4, 0.5) is 0 Å². The van der Waals surface area contributed by atoms with Crippen molar-refractivity contribution < 1.29 is 9.53 Å². The molecule has 0 unspecified atom stereocenters. The number of carbonyl (C=O) groups is 1. The first-order valence-corrected chi connectivity index (χ1v) is 15.4. The van der Waals surface area contributed by atoms with Gasteiger partial charge in [-0.3, -0.25) is 4.79 Å². The molecule has 0 heterocycles. The zero-order valence-corrected chi connectivity index (χ0v) is 22.3. The minimum atomic E-state index is 0.0653. The topological polar surface area (TPSA) is 26.3 Å². The van der Waals surface area contributed by atoms with E-state index in [2.05, 4.69) is 13.8 Å². The summed E-state index contributed by atoms with van der Waals surface area (Å²) < 4.78 is 5.83. The standard InChI is InChI=1S/C31H56O2/c1-3-5-7-8-10-12-31(32)33-30-23-21-29(22-24-30)28-19-17-27(18-20-28)26-15-13-25(14-16-26)11-9-6-4-2/h25-30H,3-24H2,1-2H3/t25-,26-,27-,28-,29-,30-. The van der Waals surface area contributed by atoms with Crippen molar-refractivity contribution in [3.05, 3.63) is 0 Å². The zero-order chi connectivity index (χ0) is 23.3. The number of carbonyl (C=O) groups excluding carboxylic acids is 1. The van der Waals surface area contributed by atoms with E-state index in [4.69, 9.17) is 4.74 Å². The van der Waals surface area contributed by atoms with Crippen LogP contribution >= 0.6 is 0 Å². The Hall–Kier alpha value is -0.530. The predicted molar refractivity (Wildman–Crippen MR) is 140 cm³/mol. The van der Waals surface area contributed by atoms with Crippen LogP contribution in [0.5, 0.6) is 0 Å². The lowest BCUT2D eigenvalue weighted by atomic mass is 9.65.